The van der Waals surface area contributed by atoms with Gasteiger partial charge in [-0.3, -0.25) is 9.69 Å². The number of nitrogens with zero attached hydrogens (tertiary/aromatic N) is 2. The number of anilines is 1. The van der Waals surface area contributed by atoms with Crippen LogP contribution in [0.4, 0.5) is 10.7 Å². The molecule has 2 aromatic rings. The van der Waals surface area contributed by atoms with Crippen LogP contribution in [0.3, 0.4) is 0 Å². The predicted octanol–water partition coefficient (Wildman–Crippen LogP) is 4.70. The molecular weight excluding hydrogens is 368 g/mol. The Kier molecular flexibility index (Phi) is 5.65. The van der Waals surface area contributed by atoms with E-state index in [1.54, 1.807) is 21.9 Å². The van der Waals surface area contributed by atoms with Crippen LogP contribution in [0.1, 0.15) is 33.6 Å². The Balaban J connectivity index is 1.59. The number of piperidine rings is 1. The van der Waals surface area contributed by atoms with Crippen LogP contribution in [0.2, 0.25) is 5.02 Å². The van der Waals surface area contributed by atoms with Crippen LogP contribution in [-0.2, 0) is 9.53 Å². The van der Waals surface area contributed by atoms with Crippen LogP contribution in [0.15, 0.2) is 28.7 Å². The Morgan fingerprint density at radius 3 is 2.67 bits per heavy atom. The number of likely N-dealkylation sites (tertiary alicyclic amines) is 1. The van der Waals surface area contributed by atoms with Crippen molar-refractivity contribution in [3.05, 3.63) is 29.3 Å². The number of hydrogen-bond donors (Lipinski definition) is 0. The lowest BCUT2D eigenvalue weighted by Gasteiger charge is -2.34. The van der Waals surface area contributed by atoms with Crippen molar-refractivity contribution in [3.63, 3.8) is 0 Å². The first kappa shape index (κ1) is 19.5. The van der Waals surface area contributed by atoms with Crippen LogP contribution in [0.5, 0.6) is 0 Å². The number of furan rings is 1. The van der Waals surface area contributed by atoms with Gasteiger partial charge in [0.25, 0.3) is 0 Å². The fraction of sp³-hybridized carbons (Fsp3) is 0.500. The summed E-state index contributed by atoms with van der Waals surface area (Å²) in [5, 5.41) is 1.49. The van der Waals surface area contributed by atoms with Crippen molar-refractivity contribution in [3.8, 4) is 0 Å². The van der Waals surface area contributed by atoms with Gasteiger partial charge in [0, 0.05) is 36.1 Å². The largest absolute Gasteiger partial charge is 0.444 e. The van der Waals surface area contributed by atoms with Gasteiger partial charge in [-0.15, -0.1) is 0 Å². The smallest absolute Gasteiger partial charge is 0.410 e. The molecule has 1 aliphatic heterocycles. The van der Waals surface area contributed by atoms with Crippen LogP contribution < -0.4 is 4.90 Å². The van der Waals surface area contributed by atoms with Crippen LogP contribution in [0.25, 0.3) is 11.0 Å². The number of rotatable bonds is 4. The number of carbonyl (C=O) groups is 2. The van der Waals surface area contributed by atoms with Gasteiger partial charge in [-0.2, -0.15) is 0 Å². The van der Waals surface area contributed by atoms with Crippen molar-refractivity contribution >= 4 is 41.0 Å². The lowest BCUT2D eigenvalue weighted by atomic mass is 9.96. The molecule has 0 unspecified atom stereocenters. The summed E-state index contributed by atoms with van der Waals surface area (Å²) in [5.41, 5.74) is 0.202. The number of ether oxygens (including phenoxy) is 1. The molecule has 7 heteroatoms. The SMILES string of the molecule is CC(C)(C)OC(=O)N1CCC(CN(C=O)c2cc3cc(Cl)ccc3o2)CC1. The van der Waals surface area contributed by atoms with Crippen molar-refractivity contribution in [2.45, 2.75) is 39.2 Å². The predicted molar refractivity (Wildman–Crippen MR) is 105 cm³/mol. The molecule has 0 spiro atoms. The minimum atomic E-state index is -0.494. The summed E-state index contributed by atoms with van der Waals surface area (Å²) in [6.07, 6.45) is 2.15. The number of carbonyl (C=O) groups excluding carboxylic acids is 2. The van der Waals surface area contributed by atoms with Crippen molar-refractivity contribution < 1.29 is 18.7 Å². The Labute approximate surface area is 164 Å². The molecule has 3 rings (SSSR count). The van der Waals surface area contributed by atoms with E-state index in [9.17, 15) is 9.59 Å². The first-order valence-electron chi connectivity index (χ1n) is 9.14. The topological polar surface area (TPSA) is 63.0 Å². The number of hydrogen-bond acceptors (Lipinski definition) is 4. The Hall–Kier alpha value is -2.21. The van der Waals surface area contributed by atoms with Crippen LogP contribution in [-0.4, -0.2) is 42.6 Å². The van der Waals surface area contributed by atoms with E-state index in [0.717, 1.165) is 24.6 Å². The minimum absolute atomic E-state index is 0.276. The van der Waals surface area contributed by atoms with E-state index < -0.39 is 5.60 Å². The summed E-state index contributed by atoms with van der Waals surface area (Å²) in [6, 6.07) is 7.19. The Morgan fingerprint density at radius 2 is 2.04 bits per heavy atom. The van der Waals surface area contributed by atoms with Crippen molar-refractivity contribution in [1.29, 1.82) is 0 Å². The highest BCUT2D eigenvalue weighted by Gasteiger charge is 2.28. The van der Waals surface area contributed by atoms with E-state index in [4.69, 9.17) is 20.8 Å². The summed E-state index contributed by atoms with van der Waals surface area (Å²) < 4.78 is 11.2. The summed E-state index contributed by atoms with van der Waals surface area (Å²) in [6.45, 7) is 7.39. The molecule has 0 saturated carbocycles. The van der Waals surface area contributed by atoms with Gasteiger partial charge in [0.15, 0.2) is 0 Å². The van der Waals surface area contributed by atoms with E-state index in [2.05, 4.69) is 0 Å². The Morgan fingerprint density at radius 1 is 1.33 bits per heavy atom. The standard InChI is InChI=1S/C20H25ClN2O4/c1-20(2,3)27-19(25)22-8-6-14(7-9-22)12-23(13-24)18-11-15-10-16(21)4-5-17(15)26-18/h4-5,10-11,13-14H,6-9,12H2,1-3H3. The molecule has 0 atom stereocenters. The monoisotopic (exact) mass is 392 g/mol. The molecule has 146 valence electrons. The molecule has 0 bridgehead atoms. The lowest BCUT2D eigenvalue weighted by Crippen LogP contribution is -2.43. The maximum absolute atomic E-state index is 12.2. The molecule has 27 heavy (non-hydrogen) atoms. The summed E-state index contributed by atoms with van der Waals surface area (Å²) in [5.74, 6) is 0.808. The second kappa shape index (κ2) is 7.80. The van der Waals surface area contributed by atoms with Crippen molar-refractivity contribution in [1.82, 2.24) is 4.90 Å². The summed E-state index contributed by atoms with van der Waals surface area (Å²) in [7, 11) is 0. The Bertz CT molecular complexity index is 819. The molecule has 0 aliphatic carbocycles. The fourth-order valence-electron chi connectivity index (χ4n) is 3.23. The zero-order valence-corrected chi connectivity index (χ0v) is 16.7. The fourth-order valence-corrected chi connectivity index (χ4v) is 3.41. The highest BCUT2D eigenvalue weighted by atomic mass is 35.5. The zero-order valence-electron chi connectivity index (χ0n) is 15.9. The first-order chi connectivity index (χ1) is 12.7. The zero-order chi connectivity index (χ0) is 19.6. The van der Waals surface area contributed by atoms with Gasteiger partial charge in [0.2, 0.25) is 12.3 Å². The molecule has 0 N–H and O–H groups in total. The molecular formula is C20H25ClN2O4. The summed E-state index contributed by atoms with van der Waals surface area (Å²) in [4.78, 5) is 27.1. The molecule has 1 aromatic carbocycles. The second-order valence-corrected chi connectivity index (χ2v) is 8.37. The van der Waals surface area contributed by atoms with Gasteiger partial charge in [-0.05, 0) is 57.7 Å². The third-order valence-corrected chi connectivity index (χ3v) is 4.83. The highest BCUT2D eigenvalue weighted by Crippen LogP contribution is 2.29. The lowest BCUT2D eigenvalue weighted by molar-refractivity contribution is -0.107. The van der Waals surface area contributed by atoms with E-state index >= 15 is 0 Å². The second-order valence-electron chi connectivity index (χ2n) is 7.94. The average Bonchev–Trinajstić information content (AvgIpc) is 3.01. The molecule has 2 heterocycles. The molecule has 1 aliphatic rings. The van der Waals surface area contributed by atoms with Crippen molar-refractivity contribution in [2.75, 3.05) is 24.5 Å². The molecule has 1 aromatic heterocycles. The molecule has 1 saturated heterocycles. The van der Waals surface area contributed by atoms with E-state index in [1.165, 1.54) is 0 Å². The quantitative estimate of drug-likeness (QED) is 0.707. The molecule has 2 amide bonds. The van der Waals surface area contributed by atoms with E-state index in [-0.39, 0.29) is 6.09 Å². The van der Waals surface area contributed by atoms with Gasteiger partial charge >= 0.3 is 6.09 Å². The van der Waals surface area contributed by atoms with Gasteiger partial charge in [0.1, 0.15) is 11.2 Å². The minimum Gasteiger partial charge on any atom is -0.444 e. The third kappa shape index (κ3) is 4.95. The summed E-state index contributed by atoms with van der Waals surface area (Å²) >= 11 is 6.01. The number of amides is 2. The maximum Gasteiger partial charge on any atom is 0.410 e. The third-order valence-electron chi connectivity index (χ3n) is 4.60. The molecule has 0 radical (unpaired) electrons. The van der Waals surface area contributed by atoms with Gasteiger partial charge in [-0.1, -0.05) is 11.6 Å². The normalized spacial score (nSPS) is 15.8. The van der Waals surface area contributed by atoms with Crippen LogP contribution >= 0.6 is 11.6 Å². The van der Waals surface area contributed by atoms with Crippen LogP contribution in [0, 0.1) is 5.92 Å². The highest BCUT2D eigenvalue weighted by molar-refractivity contribution is 6.31. The average molecular weight is 393 g/mol. The molecule has 1 fully saturated rings. The maximum atomic E-state index is 12.2. The van der Waals surface area contributed by atoms with Gasteiger partial charge in [0.05, 0.1) is 0 Å². The first-order valence-corrected chi connectivity index (χ1v) is 9.52. The van der Waals surface area contributed by atoms with Gasteiger partial charge in [-0.25, -0.2) is 4.79 Å². The van der Waals surface area contributed by atoms with E-state index in [0.29, 0.717) is 42.0 Å². The van der Waals surface area contributed by atoms with Crippen molar-refractivity contribution in [2.24, 2.45) is 5.92 Å². The number of fused-ring (bicyclic) bond motifs is 1. The molecule has 6 nitrogen and oxygen atoms in total. The van der Waals surface area contributed by atoms with E-state index in [1.807, 2.05) is 32.9 Å². The van der Waals surface area contributed by atoms with Gasteiger partial charge < -0.3 is 14.1 Å². The number of halogens is 1. The number of benzene rings is 1.